The molecule has 3 rings (SSSR count). The normalized spacial score (nSPS) is 15.4. The van der Waals surface area contributed by atoms with Gasteiger partial charge in [0.05, 0.1) is 6.61 Å². The zero-order valence-corrected chi connectivity index (χ0v) is 17.0. The highest BCUT2D eigenvalue weighted by Gasteiger charge is 2.17. The smallest absolute Gasteiger partial charge is 0.251 e. The number of anilines is 2. The maximum atomic E-state index is 13.8. The summed E-state index contributed by atoms with van der Waals surface area (Å²) < 4.78 is 18.9. The minimum Gasteiger partial charge on any atom is -0.383 e. The number of rotatable bonds is 7. The third-order valence-electron chi connectivity index (χ3n) is 5.11. The highest BCUT2D eigenvalue weighted by atomic mass is 19.1. The molecule has 1 aliphatic heterocycles. The Morgan fingerprint density at radius 2 is 1.79 bits per heavy atom. The Balaban J connectivity index is 1.55. The van der Waals surface area contributed by atoms with Crippen molar-refractivity contribution in [2.24, 2.45) is 0 Å². The molecule has 0 aliphatic carbocycles. The van der Waals surface area contributed by atoms with Gasteiger partial charge in [-0.25, -0.2) is 4.39 Å². The lowest BCUT2D eigenvalue weighted by Crippen LogP contribution is -2.47. The zero-order valence-electron chi connectivity index (χ0n) is 17.0. The van der Waals surface area contributed by atoms with Crippen LogP contribution in [0.1, 0.15) is 12.5 Å². The standard InChI is InChI=1S/C23H28FN3O2/c1-18(17-19-5-3-4-6-22(19)24)23(28)25-20-7-9-21(10-8-20)27-13-11-26(12-14-27)15-16-29-2/h3-10,17H,11-16H2,1-2H3,(H,25,28)/b18-17+. The minimum absolute atomic E-state index is 0.243. The number of nitrogens with zero attached hydrogens (tertiary/aromatic N) is 2. The van der Waals surface area contributed by atoms with E-state index >= 15 is 0 Å². The van der Waals surface area contributed by atoms with E-state index in [2.05, 4.69) is 15.1 Å². The minimum atomic E-state index is -0.341. The third-order valence-corrected chi connectivity index (χ3v) is 5.11. The summed E-state index contributed by atoms with van der Waals surface area (Å²) in [6.07, 6.45) is 1.56. The molecular formula is C23H28FN3O2. The van der Waals surface area contributed by atoms with Crippen LogP contribution in [-0.2, 0) is 9.53 Å². The van der Waals surface area contributed by atoms with E-state index in [-0.39, 0.29) is 11.7 Å². The van der Waals surface area contributed by atoms with Gasteiger partial charge >= 0.3 is 0 Å². The number of halogens is 1. The summed E-state index contributed by atoms with van der Waals surface area (Å²) in [5, 5.41) is 2.87. The lowest BCUT2D eigenvalue weighted by Gasteiger charge is -2.36. The second kappa shape index (κ2) is 10.2. The van der Waals surface area contributed by atoms with Gasteiger partial charge in [0.2, 0.25) is 0 Å². The second-order valence-corrected chi connectivity index (χ2v) is 7.17. The Morgan fingerprint density at radius 3 is 2.45 bits per heavy atom. The van der Waals surface area contributed by atoms with Crippen molar-refractivity contribution in [1.82, 2.24) is 4.90 Å². The predicted octanol–water partition coefficient (Wildman–Crippen LogP) is 3.64. The number of carbonyl (C=O) groups is 1. The summed E-state index contributed by atoms with van der Waals surface area (Å²) >= 11 is 0. The van der Waals surface area contributed by atoms with E-state index in [0.29, 0.717) is 11.1 Å². The first-order valence-electron chi connectivity index (χ1n) is 9.87. The fourth-order valence-electron chi connectivity index (χ4n) is 3.33. The lowest BCUT2D eigenvalue weighted by molar-refractivity contribution is -0.112. The first kappa shape index (κ1) is 21.0. The first-order chi connectivity index (χ1) is 14.1. The first-order valence-corrected chi connectivity index (χ1v) is 9.87. The van der Waals surface area contributed by atoms with Gasteiger partial charge in [-0.1, -0.05) is 18.2 Å². The second-order valence-electron chi connectivity index (χ2n) is 7.17. The molecule has 1 fully saturated rings. The molecule has 2 aromatic carbocycles. The van der Waals surface area contributed by atoms with Gasteiger partial charge in [-0.15, -0.1) is 0 Å². The van der Waals surface area contributed by atoms with Crippen LogP contribution >= 0.6 is 0 Å². The Morgan fingerprint density at radius 1 is 1.10 bits per heavy atom. The molecule has 1 N–H and O–H groups in total. The van der Waals surface area contributed by atoms with Gasteiger partial charge < -0.3 is 15.0 Å². The molecule has 6 heteroatoms. The fourth-order valence-corrected chi connectivity index (χ4v) is 3.33. The van der Waals surface area contributed by atoms with Crippen molar-refractivity contribution in [1.29, 1.82) is 0 Å². The van der Waals surface area contributed by atoms with Gasteiger partial charge in [0.15, 0.2) is 0 Å². The number of piperazine rings is 1. The third kappa shape index (κ3) is 5.89. The van der Waals surface area contributed by atoms with Crippen LogP contribution in [0.2, 0.25) is 0 Å². The predicted molar refractivity (Wildman–Crippen MR) is 116 cm³/mol. The van der Waals surface area contributed by atoms with E-state index in [9.17, 15) is 9.18 Å². The number of methoxy groups -OCH3 is 1. The maximum absolute atomic E-state index is 13.8. The number of nitrogens with one attached hydrogen (secondary N) is 1. The SMILES string of the molecule is COCCN1CCN(c2ccc(NC(=O)/C(C)=C/c3ccccc3F)cc2)CC1. The van der Waals surface area contributed by atoms with E-state index in [4.69, 9.17) is 4.74 Å². The summed E-state index contributed by atoms with van der Waals surface area (Å²) in [6, 6.07) is 14.3. The monoisotopic (exact) mass is 397 g/mol. The summed E-state index contributed by atoms with van der Waals surface area (Å²) in [7, 11) is 1.73. The van der Waals surface area contributed by atoms with Crippen LogP contribution in [0.15, 0.2) is 54.1 Å². The summed E-state index contributed by atoms with van der Waals surface area (Å²) in [5.41, 5.74) is 2.72. The average molecular weight is 397 g/mol. The topological polar surface area (TPSA) is 44.8 Å². The maximum Gasteiger partial charge on any atom is 0.251 e. The molecule has 1 amide bonds. The molecule has 0 saturated carbocycles. The van der Waals surface area contributed by atoms with E-state index in [1.165, 1.54) is 6.07 Å². The molecule has 0 radical (unpaired) electrons. The number of carbonyl (C=O) groups excluding carboxylic acids is 1. The number of benzene rings is 2. The Kier molecular flexibility index (Phi) is 7.38. The molecular weight excluding hydrogens is 369 g/mol. The molecule has 0 spiro atoms. The van der Waals surface area contributed by atoms with Gasteiger partial charge in [0.1, 0.15) is 5.82 Å². The molecule has 1 heterocycles. The fraction of sp³-hybridized carbons (Fsp3) is 0.348. The molecule has 154 valence electrons. The summed E-state index contributed by atoms with van der Waals surface area (Å²) in [6.45, 7) is 7.39. The van der Waals surface area contributed by atoms with E-state index in [1.54, 1.807) is 38.3 Å². The van der Waals surface area contributed by atoms with Crippen molar-refractivity contribution in [2.45, 2.75) is 6.92 Å². The number of hydrogen-bond donors (Lipinski definition) is 1. The van der Waals surface area contributed by atoms with Crippen LogP contribution in [0.3, 0.4) is 0 Å². The van der Waals surface area contributed by atoms with Gasteiger partial charge in [-0.05, 0) is 43.3 Å². The van der Waals surface area contributed by atoms with Crippen molar-refractivity contribution in [3.63, 3.8) is 0 Å². The Labute approximate surface area is 171 Å². The molecule has 5 nitrogen and oxygen atoms in total. The number of ether oxygens (including phenoxy) is 1. The average Bonchev–Trinajstić information content (AvgIpc) is 2.75. The van der Waals surface area contributed by atoms with Gasteiger partial charge in [0, 0.05) is 62.3 Å². The molecule has 29 heavy (non-hydrogen) atoms. The molecule has 1 aliphatic rings. The number of amides is 1. The quantitative estimate of drug-likeness (QED) is 0.725. The molecule has 1 saturated heterocycles. The molecule has 0 atom stereocenters. The van der Waals surface area contributed by atoms with Crippen LogP contribution in [0.4, 0.5) is 15.8 Å². The summed E-state index contributed by atoms with van der Waals surface area (Å²) in [5.74, 6) is -0.584. The molecule has 0 bridgehead atoms. The molecule has 2 aromatic rings. The van der Waals surface area contributed by atoms with E-state index < -0.39 is 0 Å². The van der Waals surface area contributed by atoms with Crippen LogP contribution < -0.4 is 10.2 Å². The Hall–Kier alpha value is -2.70. The van der Waals surface area contributed by atoms with Gasteiger partial charge in [-0.3, -0.25) is 9.69 Å². The highest BCUT2D eigenvalue weighted by molar-refractivity contribution is 6.06. The van der Waals surface area contributed by atoms with Crippen molar-refractivity contribution < 1.29 is 13.9 Å². The van der Waals surface area contributed by atoms with Crippen molar-refractivity contribution in [3.8, 4) is 0 Å². The van der Waals surface area contributed by atoms with E-state index in [1.807, 2.05) is 24.3 Å². The largest absolute Gasteiger partial charge is 0.383 e. The van der Waals surface area contributed by atoms with Crippen LogP contribution in [-0.4, -0.2) is 57.2 Å². The van der Waals surface area contributed by atoms with Crippen LogP contribution in [0.5, 0.6) is 0 Å². The van der Waals surface area contributed by atoms with Gasteiger partial charge in [-0.2, -0.15) is 0 Å². The van der Waals surface area contributed by atoms with Gasteiger partial charge in [0.25, 0.3) is 5.91 Å². The molecule has 0 unspecified atom stereocenters. The van der Waals surface area contributed by atoms with Crippen LogP contribution in [0, 0.1) is 5.82 Å². The van der Waals surface area contributed by atoms with Crippen molar-refractivity contribution >= 4 is 23.4 Å². The number of hydrogen-bond acceptors (Lipinski definition) is 4. The molecule has 0 aromatic heterocycles. The Bertz CT molecular complexity index is 843. The summed E-state index contributed by atoms with van der Waals surface area (Å²) in [4.78, 5) is 17.2. The lowest BCUT2D eigenvalue weighted by atomic mass is 10.1. The zero-order chi connectivity index (χ0) is 20.6. The van der Waals surface area contributed by atoms with Crippen molar-refractivity contribution in [3.05, 3.63) is 65.5 Å². The van der Waals surface area contributed by atoms with Crippen LogP contribution in [0.25, 0.3) is 6.08 Å². The highest BCUT2D eigenvalue weighted by Crippen LogP contribution is 2.20. The van der Waals surface area contributed by atoms with Crippen molar-refractivity contribution in [2.75, 3.05) is 56.7 Å². The van der Waals surface area contributed by atoms with E-state index in [0.717, 1.165) is 50.7 Å².